The Kier molecular flexibility index (Phi) is 17.5. The predicted octanol–water partition coefficient (Wildman–Crippen LogP) is 12.8. The summed E-state index contributed by atoms with van der Waals surface area (Å²) < 4.78 is 60.1. The summed E-state index contributed by atoms with van der Waals surface area (Å²) >= 11 is 12.2. The minimum absolute atomic E-state index is 0.0244. The van der Waals surface area contributed by atoms with E-state index < -0.39 is 39.4 Å². The molecule has 0 saturated carbocycles. The number of nitro groups is 2. The standard InChI is InChI=1S/C18H21FN2O3.C18H22FNO.C7H3Br4NO3.C2HF3O/c1-3-4-6-18-7-5-14(22)10(2)15(18)11-8-13(19)16(20)17(21(23)24)12(11)9-18;1-3-4-6-18-7-5-16(21)11(2)17(18)13-9-14(19)15(20)8-12(13)10-18;1-7(12(14)15)5(10)2(8)4(13)3(9)6(7)11;3-2(4,5)1-6/h8H,3-7,9,20H2,1-2H3;8-9H,3-7,10,20H2,1-2H3;1H3;1H. The van der Waals surface area contributed by atoms with Gasteiger partial charge in [0.2, 0.25) is 12.1 Å². The van der Waals surface area contributed by atoms with E-state index in [-0.39, 0.29) is 63.3 Å². The topological polar surface area (TPSA) is 207 Å². The van der Waals surface area contributed by atoms with Crippen molar-refractivity contribution < 1.29 is 51.0 Å². The van der Waals surface area contributed by atoms with E-state index in [1.54, 1.807) is 13.0 Å². The van der Waals surface area contributed by atoms with Crippen LogP contribution in [0.5, 0.6) is 0 Å². The van der Waals surface area contributed by atoms with Crippen molar-refractivity contribution in [3.8, 4) is 0 Å². The monoisotopic (exact) mass is 1180 g/mol. The number of nitro benzene ring substituents is 1. The summed E-state index contributed by atoms with van der Waals surface area (Å²) in [7, 11) is 0. The molecule has 0 saturated heterocycles. The maximum atomic E-state index is 14.2. The molecular formula is C45H47Br4F5N4O8. The molecule has 4 N–H and O–H groups in total. The molecule has 2 aromatic rings. The SMILES string of the molecule is CC1([N+](=O)[O-])C(Br)=C(Br)C(=O)C(Br)=C1Br.CCCCC12CCC(=O)C(C)=C1c1cc(F)c(N)c([N+](=O)[O-])c1C2.CCCCC12CCC(=O)C(C)=C1c1cc(F)c(N)cc1C2.O=CC(F)(F)F. The minimum atomic E-state index is -4.64. The zero-order valence-corrected chi connectivity index (χ0v) is 42.9. The summed E-state index contributed by atoms with van der Waals surface area (Å²) in [6, 6.07) is 4.58. The van der Waals surface area contributed by atoms with Gasteiger partial charge in [0.15, 0.2) is 17.4 Å². The smallest absolute Gasteiger partial charge is 0.396 e. The van der Waals surface area contributed by atoms with E-state index in [1.807, 2.05) is 6.92 Å². The molecule has 21 heteroatoms. The largest absolute Gasteiger partial charge is 0.446 e. The number of ketones is 3. The lowest BCUT2D eigenvalue weighted by molar-refractivity contribution is -0.537. The first-order valence-corrected chi connectivity index (χ1v) is 23.9. The van der Waals surface area contributed by atoms with Crippen LogP contribution in [0.2, 0.25) is 0 Å². The zero-order valence-electron chi connectivity index (χ0n) is 36.5. The fourth-order valence-electron chi connectivity index (χ4n) is 9.45. The van der Waals surface area contributed by atoms with Crippen molar-refractivity contribution in [2.75, 3.05) is 11.5 Å². The van der Waals surface area contributed by atoms with Crippen LogP contribution in [0.25, 0.3) is 11.1 Å². The van der Waals surface area contributed by atoms with Crippen LogP contribution in [0.4, 0.5) is 39.0 Å². The molecule has 0 amide bonds. The number of carbonyl (C=O) groups excluding carboxylic acids is 4. The van der Waals surface area contributed by atoms with Crippen LogP contribution in [0.1, 0.15) is 121 Å². The van der Waals surface area contributed by atoms with Gasteiger partial charge >= 0.3 is 6.18 Å². The third-order valence-corrected chi connectivity index (χ3v) is 17.8. The van der Waals surface area contributed by atoms with Crippen LogP contribution < -0.4 is 11.5 Å². The number of aldehydes is 1. The molecule has 12 nitrogen and oxygen atoms in total. The number of hydrogen-bond donors (Lipinski definition) is 2. The fraction of sp³-hybridized carbons (Fsp3) is 0.467. The molecule has 0 spiro atoms. The maximum Gasteiger partial charge on any atom is 0.446 e. The van der Waals surface area contributed by atoms with Crippen molar-refractivity contribution in [1.29, 1.82) is 0 Å². The van der Waals surface area contributed by atoms with E-state index in [9.17, 15) is 56.6 Å². The van der Waals surface area contributed by atoms with E-state index in [0.29, 0.717) is 42.4 Å². The van der Waals surface area contributed by atoms with Crippen LogP contribution in [0.15, 0.2) is 47.3 Å². The van der Waals surface area contributed by atoms with Gasteiger partial charge < -0.3 is 11.5 Å². The highest BCUT2D eigenvalue weighted by Crippen LogP contribution is 2.59. The first-order chi connectivity index (χ1) is 30.6. The average molecular weight is 1190 g/mol. The highest BCUT2D eigenvalue weighted by Gasteiger charge is 2.52. The molecular weight excluding hydrogens is 1140 g/mol. The number of carbonyl (C=O) groups is 4. The Hall–Kier alpha value is -3.95. The van der Waals surface area contributed by atoms with Gasteiger partial charge in [-0.05, 0) is 173 Å². The number of fused-ring (bicyclic) bond motifs is 6. The van der Waals surface area contributed by atoms with Crippen molar-refractivity contribution in [2.45, 2.75) is 123 Å². The highest BCUT2D eigenvalue weighted by atomic mass is 79.9. The molecule has 5 aliphatic rings. The third kappa shape index (κ3) is 10.5. The summed E-state index contributed by atoms with van der Waals surface area (Å²) in [5.74, 6) is -1.25. The number of alkyl halides is 3. The molecule has 0 aliphatic heterocycles. The molecule has 66 heavy (non-hydrogen) atoms. The molecule has 0 fully saturated rings. The first-order valence-electron chi connectivity index (χ1n) is 20.8. The Morgan fingerprint density at radius 1 is 0.773 bits per heavy atom. The van der Waals surface area contributed by atoms with E-state index in [4.69, 9.17) is 16.3 Å². The number of anilines is 2. The van der Waals surface area contributed by atoms with Gasteiger partial charge in [0.05, 0.1) is 28.5 Å². The van der Waals surface area contributed by atoms with Crippen molar-refractivity contribution in [3.05, 3.63) is 101 Å². The second-order valence-corrected chi connectivity index (χ2v) is 20.1. The Morgan fingerprint density at radius 2 is 1.21 bits per heavy atom. The van der Waals surface area contributed by atoms with Gasteiger partial charge in [0.25, 0.3) is 11.2 Å². The number of halogens is 9. The summed E-state index contributed by atoms with van der Waals surface area (Å²) in [6.45, 7) is 9.33. The molecule has 0 heterocycles. The number of Topliss-reactive ketones (excluding diaryl/α,β-unsaturated/α-hetero) is 3. The average Bonchev–Trinajstić information content (AvgIpc) is 3.76. The Labute approximate surface area is 411 Å². The van der Waals surface area contributed by atoms with E-state index in [2.05, 4.69) is 77.6 Å². The third-order valence-electron chi connectivity index (χ3n) is 12.8. The molecule has 2 atom stereocenters. The fourth-order valence-corrected chi connectivity index (χ4v) is 12.2. The van der Waals surface area contributed by atoms with Crippen molar-refractivity contribution in [1.82, 2.24) is 0 Å². The molecule has 2 aromatic carbocycles. The molecule has 0 radical (unpaired) electrons. The van der Waals surface area contributed by atoms with Gasteiger partial charge in [0.1, 0.15) is 11.5 Å². The van der Waals surface area contributed by atoms with Crippen molar-refractivity contribution >= 4 is 116 Å². The summed E-state index contributed by atoms with van der Waals surface area (Å²) in [6.07, 6.45) is 4.40. The Balaban J connectivity index is 0.000000208. The molecule has 7 rings (SSSR count). The predicted molar refractivity (Wildman–Crippen MR) is 256 cm³/mol. The van der Waals surface area contributed by atoms with Gasteiger partial charge in [-0.3, -0.25) is 39.4 Å². The summed E-state index contributed by atoms with van der Waals surface area (Å²) in [5.41, 5.74) is 15.5. The molecule has 5 aliphatic carbocycles. The van der Waals surface area contributed by atoms with Gasteiger partial charge in [-0.1, -0.05) is 39.5 Å². The van der Waals surface area contributed by atoms with E-state index >= 15 is 0 Å². The number of unbranched alkanes of at least 4 members (excludes halogenated alkanes) is 2. The number of nitrogens with two attached hydrogens (primary N) is 2. The summed E-state index contributed by atoms with van der Waals surface area (Å²) in [5, 5.41) is 22.5. The summed E-state index contributed by atoms with van der Waals surface area (Å²) in [4.78, 5) is 66.1. The number of rotatable bonds is 8. The van der Waals surface area contributed by atoms with Gasteiger partial charge in [-0.15, -0.1) is 0 Å². The zero-order chi connectivity index (χ0) is 50.0. The number of nitrogen functional groups attached to an aromatic ring is 2. The minimum Gasteiger partial charge on any atom is -0.396 e. The number of allylic oxidation sites excluding steroid dienone is 6. The second-order valence-electron chi connectivity index (χ2n) is 17.0. The van der Waals surface area contributed by atoms with Crippen LogP contribution >= 0.6 is 63.7 Å². The lowest BCUT2D eigenvalue weighted by atomic mass is 9.67. The van der Waals surface area contributed by atoms with Gasteiger partial charge in [-0.2, -0.15) is 13.2 Å². The molecule has 2 unspecified atom stereocenters. The van der Waals surface area contributed by atoms with Crippen LogP contribution in [0.3, 0.4) is 0 Å². The lowest BCUT2D eigenvalue weighted by Crippen LogP contribution is -2.39. The van der Waals surface area contributed by atoms with E-state index in [0.717, 1.165) is 79.2 Å². The highest BCUT2D eigenvalue weighted by molar-refractivity contribution is 9.15. The molecule has 358 valence electrons. The van der Waals surface area contributed by atoms with E-state index in [1.165, 1.54) is 19.1 Å². The molecule has 0 bridgehead atoms. The first kappa shape index (κ1) is 54.7. The normalized spacial score (nSPS) is 21.7. The maximum absolute atomic E-state index is 14.2. The van der Waals surface area contributed by atoms with Crippen molar-refractivity contribution in [2.24, 2.45) is 10.8 Å². The van der Waals surface area contributed by atoms with Crippen molar-refractivity contribution in [3.63, 3.8) is 0 Å². The Morgan fingerprint density at radius 3 is 1.64 bits per heavy atom. The van der Waals surface area contributed by atoms with Crippen LogP contribution in [0, 0.1) is 42.7 Å². The van der Waals surface area contributed by atoms with Gasteiger partial charge in [0, 0.05) is 41.1 Å². The quantitative estimate of drug-likeness (QED) is 0.0840. The van der Waals surface area contributed by atoms with Crippen LogP contribution in [-0.2, 0) is 32.0 Å². The lowest BCUT2D eigenvalue weighted by Gasteiger charge is -2.36. The Bertz CT molecular complexity index is 2510. The molecule has 0 aromatic heterocycles. The number of benzene rings is 2. The number of hydrogen-bond acceptors (Lipinski definition) is 10. The second kappa shape index (κ2) is 21.1. The van der Waals surface area contributed by atoms with Gasteiger partial charge in [-0.25, -0.2) is 8.78 Å². The number of nitrogens with zero attached hydrogens (tertiary/aromatic N) is 2. The van der Waals surface area contributed by atoms with Crippen LogP contribution in [-0.4, -0.2) is 45.2 Å².